The van der Waals surface area contributed by atoms with E-state index in [1.807, 2.05) is 70.2 Å². The van der Waals surface area contributed by atoms with Crippen molar-refractivity contribution in [3.8, 4) is 0 Å². The van der Waals surface area contributed by atoms with Gasteiger partial charge in [0.05, 0.1) is 18.7 Å². The van der Waals surface area contributed by atoms with Crippen molar-refractivity contribution in [2.24, 2.45) is 17.6 Å². The summed E-state index contributed by atoms with van der Waals surface area (Å²) in [5, 5.41) is 10.6. The molecule has 0 aliphatic carbocycles. The van der Waals surface area contributed by atoms with Gasteiger partial charge < -0.3 is 20.5 Å². The number of methoxy groups -OCH3 is 1. The van der Waals surface area contributed by atoms with Gasteiger partial charge in [0.15, 0.2) is 0 Å². The van der Waals surface area contributed by atoms with E-state index in [9.17, 15) is 19.5 Å². The quantitative estimate of drug-likeness (QED) is 0.464. The first kappa shape index (κ1) is 28.7. The Kier molecular flexibility index (Phi) is 11.1. The zero-order chi connectivity index (χ0) is 26.1. The molecule has 8 heteroatoms. The van der Waals surface area contributed by atoms with Gasteiger partial charge in [-0.1, -0.05) is 70.2 Å². The zero-order valence-electron chi connectivity index (χ0n) is 21.6. The lowest BCUT2D eigenvalue weighted by Gasteiger charge is -2.36. The summed E-state index contributed by atoms with van der Waals surface area (Å²) in [4.78, 5) is 43.4. The third kappa shape index (κ3) is 7.72. The van der Waals surface area contributed by atoms with Gasteiger partial charge in [-0.2, -0.15) is 0 Å². The molecule has 8 nitrogen and oxygen atoms in total. The maximum atomic E-state index is 13.9. The number of carbonyl (C=O) groups excluding carboxylic acids is 3. The van der Waals surface area contributed by atoms with Crippen LogP contribution in [-0.4, -0.2) is 71.1 Å². The summed E-state index contributed by atoms with van der Waals surface area (Å²) >= 11 is 0. The largest absolute Gasteiger partial charge is 0.383 e. The van der Waals surface area contributed by atoms with Crippen molar-refractivity contribution in [1.29, 1.82) is 0 Å². The third-order valence-corrected chi connectivity index (χ3v) is 6.07. The molecule has 0 aromatic heterocycles. The Hall–Kier alpha value is -2.55. The number of amides is 3. The molecule has 1 aromatic rings. The lowest BCUT2D eigenvalue weighted by molar-refractivity contribution is -0.161. The minimum Gasteiger partial charge on any atom is -0.383 e. The molecule has 0 saturated carbocycles. The molecular weight excluding hydrogens is 446 g/mol. The average Bonchev–Trinajstić information content (AvgIpc) is 2.96. The van der Waals surface area contributed by atoms with Crippen LogP contribution in [0.5, 0.6) is 0 Å². The predicted molar refractivity (Wildman–Crippen MR) is 135 cm³/mol. The Bertz CT molecular complexity index is 843. The standard InChI is InChI=1S/C27H41N3O5/c1-18(2)16-21(28)25(32)30(27(34)24(31)17-19(3)4)23-13-9-12-22(20-10-7-6-8-11-20)29(26(23)33)14-15-35-5/h6-12,18-19,21-24,31H,13-17,28H2,1-5H3/t21-,22-,23-,24-/m0/s1. The Morgan fingerprint density at radius 1 is 1.11 bits per heavy atom. The predicted octanol–water partition coefficient (Wildman–Crippen LogP) is 2.67. The number of benzene rings is 1. The number of hydrogen-bond acceptors (Lipinski definition) is 6. The first-order valence-corrected chi connectivity index (χ1v) is 12.4. The summed E-state index contributed by atoms with van der Waals surface area (Å²) in [6.45, 7) is 8.19. The van der Waals surface area contributed by atoms with Gasteiger partial charge >= 0.3 is 0 Å². The van der Waals surface area contributed by atoms with Crippen LogP contribution < -0.4 is 5.73 Å². The third-order valence-electron chi connectivity index (χ3n) is 6.07. The van der Waals surface area contributed by atoms with Crippen LogP contribution in [0.4, 0.5) is 0 Å². The molecule has 1 heterocycles. The molecule has 0 spiro atoms. The lowest BCUT2D eigenvalue weighted by atomic mass is 9.99. The van der Waals surface area contributed by atoms with Gasteiger partial charge in [0, 0.05) is 13.7 Å². The Balaban J connectivity index is 2.48. The molecule has 0 radical (unpaired) electrons. The molecular formula is C27H41N3O5. The van der Waals surface area contributed by atoms with Crippen molar-refractivity contribution < 1.29 is 24.2 Å². The number of imide groups is 1. The van der Waals surface area contributed by atoms with Gasteiger partial charge in [-0.05, 0) is 36.7 Å². The topological polar surface area (TPSA) is 113 Å². The second kappa shape index (κ2) is 13.5. The van der Waals surface area contributed by atoms with E-state index >= 15 is 0 Å². The van der Waals surface area contributed by atoms with E-state index in [-0.39, 0.29) is 43.2 Å². The van der Waals surface area contributed by atoms with Crippen molar-refractivity contribution in [1.82, 2.24) is 9.80 Å². The molecule has 0 fully saturated rings. The van der Waals surface area contributed by atoms with E-state index in [0.717, 1.165) is 10.5 Å². The van der Waals surface area contributed by atoms with Crippen molar-refractivity contribution in [2.45, 2.75) is 71.2 Å². The van der Waals surface area contributed by atoms with E-state index in [2.05, 4.69) is 0 Å². The SMILES string of the molecule is COCCN1C(=O)[C@@H](N(C(=O)[C@@H](N)CC(C)C)C(=O)[C@@H](O)CC(C)C)CC=C[C@H]1c1ccccc1. The maximum Gasteiger partial charge on any atom is 0.258 e. The molecule has 0 saturated heterocycles. The number of carbonyl (C=O) groups is 3. The number of ether oxygens (including phenoxy) is 1. The van der Waals surface area contributed by atoms with Crippen LogP contribution in [0.1, 0.15) is 58.6 Å². The first-order chi connectivity index (χ1) is 16.6. The fraction of sp³-hybridized carbons (Fsp3) is 0.593. The summed E-state index contributed by atoms with van der Waals surface area (Å²) in [5.74, 6) is -1.64. The van der Waals surface area contributed by atoms with Gasteiger partial charge in [0.25, 0.3) is 5.91 Å². The van der Waals surface area contributed by atoms with E-state index in [0.29, 0.717) is 13.0 Å². The summed E-state index contributed by atoms with van der Waals surface area (Å²) < 4.78 is 5.25. The van der Waals surface area contributed by atoms with Crippen LogP contribution in [0.15, 0.2) is 42.5 Å². The monoisotopic (exact) mass is 487 g/mol. The zero-order valence-corrected chi connectivity index (χ0v) is 21.6. The van der Waals surface area contributed by atoms with E-state index in [4.69, 9.17) is 10.5 Å². The number of rotatable bonds is 11. The van der Waals surface area contributed by atoms with Gasteiger partial charge in [-0.3, -0.25) is 19.3 Å². The van der Waals surface area contributed by atoms with Crippen LogP contribution in [0.3, 0.4) is 0 Å². The molecule has 194 valence electrons. The second-order valence-electron chi connectivity index (χ2n) is 9.99. The van der Waals surface area contributed by atoms with Crippen LogP contribution in [0, 0.1) is 11.8 Å². The minimum atomic E-state index is -1.40. The highest BCUT2D eigenvalue weighted by Gasteiger charge is 2.42. The number of nitrogens with zero attached hydrogens (tertiary/aromatic N) is 2. The maximum absolute atomic E-state index is 13.9. The molecule has 1 aromatic carbocycles. The molecule has 35 heavy (non-hydrogen) atoms. The molecule has 4 atom stereocenters. The highest BCUT2D eigenvalue weighted by molar-refractivity contribution is 6.04. The summed E-state index contributed by atoms with van der Waals surface area (Å²) in [7, 11) is 1.56. The average molecular weight is 488 g/mol. The van der Waals surface area contributed by atoms with E-state index < -0.39 is 30.0 Å². The molecule has 3 amide bonds. The summed E-state index contributed by atoms with van der Waals surface area (Å²) in [5.41, 5.74) is 7.11. The van der Waals surface area contributed by atoms with Crippen molar-refractivity contribution in [2.75, 3.05) is 20.3 Å². The Morgan fingerprint density at radius 3 is 2.31 bits per heavy atom. The molecule has 2 rings (SSSR count). The molecule has 1 aliphatic rings. The van der Waals surface area contributed by atoms with Crippen LogP contribution in [-0.2, 0) is 19.1 Å². The second-order valence-corrected chi connectivity index (χ2v) is 9.99. The number of aliphatic hydroxyl groups excluding tert-OH is 1. The summed E-state index contributed by atoms with van der Waals surface area (Å²) in [6, 6.07) is 7.14. The van der Waals surface area contributed by atoms with Crippen molar-refractivity contribution in [3.05, 3.63) is 48.0 Å². The van der Waals surface area contributed by atoms with Crippen LogP contribution in [0.2, 0.25) is 0 Å². The Morgan fingerprint density at radius 2 is 1.74 bits per heavy atom. The Labute approximate surface area is 209 Å². The van der Waals surface area contributed by atoms with Gasteiger partial charge in [0.2, 0.25) is 11.8 Å². The van der Waals surface area contributed by atoms with Crippen molar-refractivity contribution >= 4 is 17.7 Å². The van der Waals surface area contributed by atoms with Crippen LogP contribution in [0.25, 0.3) is 0 Å². The molecule has 1 aliphatic heterocycles. The number of aliphatic hydroxyl groups is 1. The number of nitrogens with two attached hydrogens (primary N) is 1. The van der Waals surface area contributed by atoms with E-state index in [1.54, 1.807) is 12.0 Å². The highest BCUT2D eigenvalue weighted by Crippen LogP contribution is 2.29. The van der Waals surface area contributed by atoms with E-state index in [1.165, 1.54) is 0 Å². The first-order valence-electron chi connectivity index (χ1n) is 12.4. The molecule has 0 unspecified atom stereocenters. The van der Waals surface area contributed by atoms with Gasteiger partial charge in [-0.25, -0.2) is 0 Å². The highest BCUT2D eigenvalue weighted by atomic mass is 16.5. The fourth-order valence-corrected chi connectivity index (χ4v) is 4.38. The summed E-state index contributed by atoms with van der Waals surface area (Å²) in [6.07, 6.45) is 3.02. The van der Waals surface area contributed by atoms with Gasteiger partial charge in [0.1, 0.15) is 12.1 Å². The fourth-order valence-electron chi connectivity index (χ4n) is 4.38. The number of hydrogen-bond donors (Lipinski definition) is 2. The molecule has 3 N–H and O–H groups in total. The van der Waals surface area contributed by atoms with Crippen LogP contribution >= 0.6 is 0 Å². The minimum absolute atomic E-state index is 0.0284. The van der Waals surface area contributed by atoms with Crippen molar-refractivity contribution in [3.63, 3.8) is 0 Å². The lowest BCUT2D eigenvalue weighted by Crippen LogP contribution is -2.59. The van der Waals surface area contributed by atoms with Gasteiger partial charge in [-0.15, -0.1) is 0 Å². The normalized spacial score (nSPS) is 20.1. The molecule has 0 bridgehead atoms. The smallest absolute Gasteiger partial charge is 0.258 e.